The molecule has 5 rings (SSSR count). The summed E-state index contributed by atoms with van der Waals surface area (Å²) < 4.78 is 0. The predicted molar refractivity (Wildman–Crippen MR) is 114 cm³/mol. The van der Waals surface area contributed by atoms with Gasteiger partial charge in [0.1, 0.15) is 5.60 Å². The second kappa shape index (κ2) is 8.18. The highest BCUT2D eigenvalue weighted by molar-refractivity contribution is 5.92. The molecule has 3 atom stereocenters. The van der Waals surface area contributed by atoms with Crippen molar-refractivity contribution in [2.24, 2.45) is 29.6 Å². The van der Waals surface area contributed by atoms with E-state index in [-0.39, 0.29) is 17.6 Å². The zero-order valence-electron chi connectivity index (χ0n) is 18.5. The van der Waals surface area contributed by atoms with E-state index in [9.17, 15) is 14.7 Å². The molecule has 6 heteroatoms. The highest BCUT2D eigenvalue weighted by Crippen LogP contribution is 2.43. The molecule has 2 saturated heterocycles. The molecule has 0 bridgehead atoms. The Morgan fingerprint density at radius 1 is 0.867 bits per heavy atom. The minimum atomic E-state index is -1.02. The van der Waals surface area contributed by atoms with E-state index in [0.29, 0.717) is 37.9 Å². The van der Waals surface area contributed by atoms with Gasteiger partial charge in [-0.1, -0.05) is 0 Å². The van der Waals surface area contributed by atoms with E-state index in [2.05, 4.69) is 17.5 Å². The van der Waals surface area contributed by atoms with Crippen LogP contribution in [0.4, 0.5) is 0 Å². The van der Waals surface area contributed by atoms with E-state index >= 15 is 0 Å². The van der Waals surface area contributed by atoms with Crippen LogP contribution in [0.25, 0.3) is 0 Å². The smallest absolute Gasteiger partial charge is 0.225 e. The SMILES string of the molecule is CN1CC2CCC(C3CCC(C(=O)N4CCC(C(=O)C5(O)CC5)CC4)CC3)CC2N1. The van der Waals surface area contributed by atoms with Gasteiger partial charge in [-0.25, -0.2) is 5.01 Å². The third-order valence-corrected chi connectivity index (χ3v) is 9.08. The fourth-order valence-electron chi connectivity index (χ4n) is 6.96. The topological polar surface area (TPSA) is 72.9 Å². The molecule has 168 valence electrons. The van der Waals surface area contributed by atoms with Gasteiger partial charge in [-0.05, 0) is 88.4 Å². The molecule has 0 spiro atoms. The lowest BCUT2D eigenvalue weighted by atomic mass is 9.68. The first-order chi connectivity index (χ1) is 14.4. The molecule has 2 aliphatic heterocycles. The molecule has 0 aromatic heterocycles. The molecule has 6 nitrogen and oxygen atoms in total. The second-order valence-corrected chi connectivity index (χ2v) is 11.1. The summed E-state index contributed by atoms with van der Waals surface area (Å²) in [4.78, 5) is 27.5. The molecule has 2 N–H and O–H groups in total. The Balaban J connectivity index is 1.07. The normalized spacial score (nSPS) is 39.5. The van der Waals surface area contributed by atoms with Crippen molar-refractivity contribution < 1.29 is 14.7 Å². The number of hydrazine groups is 1. The number of rotatable bonds is 4. The number of piperidine rings is 1. The molecule has 3 aliphatic carbocycles. The van der Waals surface area contributed by atoms with Crippen molar-refractivity contribution >= 4 is 11.7 Å². The van der Waals surface area contributed by atoms with E-state index < -0.39 is 5.60 Å². The van der Waals surface area contributed by atoms with E-state index in [0.717, 1.165) is 43.4 Å². The maximum absolute atomic E-state index is 13.1. The summed E-state index contributed by atoms with van der Waals surface area (Å²) in [5, 5.41) is 12.4. The lowest BCUT2D eigenvalue weighted by Crippen LogP contribution is -2.45. The van der Waals surface area contributed by atoms with Crippen molar-refractivity contribution in [2.45, 2.75) is 82.3 Å². The largest absolute Gasteiger partial charge is 0.382 e. The van der Waals surface area contributed by atoms with Crippen LogP contribution in [0.3, 0.4) is 0 Å². The van der Waals surface area contributed by atoms with Gasteiger partial charge in [0.25, 0.3) is 0 Å². The summed E-state index contributed by atoms with van der Waals surface area (Å²) in [6.45, 7) is 2.58. The molecular weight excluding hydrogens is 378 g/mol. The zero-order valence-corrected chi connectivity index (χ0v) is 18.5. The van der Waals surface area contributed by atoms with Crippen LogP contribution in [0.5, 0.6) is 0 Å². The number of carbonyl (C=O) groups is 2. The number of amides is 1. The number of hydrogen-bond donors (Lipinski definition) is 2. The van der Waals surface area contributed by atoms with Gasteiger partial charge in [0.2, 0.25) is 5.91 Å². The summed E-state index contributed by atoms with van der Waals surface area (Å²) in [7, 11) is 2.16. The van der Waals surface area contributed by atoms with Gasteiger partial charge in [-0.3, -0.25) is 15.0 Å². The van der Waals surface area contributed by atoms with Crippen LogP contribution in [0.2, 0.25) is 0 Å². The molecule has 2 heterocycles. The third kappa shape index (κ3) is 4.07. The van der Waals surface area contributed by atoms with E-state index in [1.165, 1.54) is 38.6 Å². The van der Waals surface area contributed by atoms with Gasteiger partial charge in [-0.15, -0.1) is 0 Å². The number of nitrogens with zero attached hydrogens (tertiary/aromatic N) is 2. The number of likely N-dealkylation sites (tertiary alicyclic amines) is 1. The predicted octanol–water partition coefficient (Wildman–Crippen LogP) is 2.36. The van der Waals surface area contributed by atoms with Gasteiger partial charge in [-0.2, -0.15) is 0 Å². The number of fused-ring (bicyclic) bond motifs is 1. The first-order valence-corrected chi connectivity index (χ1v) is 12.5. The van der Waals surface area contributed by atoms with Crippen molar-refractivity contribution in [1.29, 1.82) is 0 Å². The fraction of sp³-hybridized carbons (Fsp3) is 0.917. The number of carbonyl (C=O) groups excluding carboxylic acids is 2. The maximum Gasteiger partial charge on any atom is 0.225 e. The third-order valence-electron chi connectivity index (χ3n) is 9.08. The average molecular weight is 418 g/mol. The van der Waals surface area contributed by atoms with Crippen molar-refractivity contribution in [1.82, 2.24) is 15.3 Å². The molecule has 5 fully saturated rings. The van der Waals surface area contributed by atoms with Gasteiger partial charge in [0.15, 0.2) is 5.78 Å². The van der Waals surface area contributed by atoms with Crippen LogP contribution in [0, 0.1) is 29.6 Å². The van der Waals surface area contributed by atoms with Crippen molar-refractivity contribution in [3.8, 4) is 0 Å². The minimum Gasteiger partial charge on any atom is -0.382 e. The van der Waals surface area contributed by atoms with Crippen LogP contribution >= 0.6 is 0 Å². The number of nitrogens with one attached hydrogen (secondary N) is 1. The number of Topliss-reactive ketones (excluding diaryl/α,β-unsaturated/α-hetero) is 1. The Morgan fingerprint density at radius 2 is 1.50 bits per heavy atom. The van der Waals surface area contributed by atoms with Crippen LogP contribution < -0.4 is 5.43 Å². The number of aliphatic hydroxyl groups is 1. The van der Waals surface area contributed by atoms with E-state index in [1.807, 2.05) is 4.90 Å². The Kier molecular flexibility index (Phi) is 5.70. The van der Waals surface area contributed by atoms with Crippen molar-refractivity contribution in [3.05, 3.63) is 0 Å². The first-order valence-electron chi connectivity index (χ1n) is 12.5. The van der Waals surface area contributed by atoms with Gasteiger partial charge in [0.05, 0.1) is 0 Å². The summed E-state index contributed by atoms with van der Waals surface area (Å²) in [6, 6.07) is 0.672. The summed E-state index contributed by atoms with van der Waals surface area (Å²) in [6.07, 6.45) is 11.2. The Hall–Kier alpha value is -0.980. The van der Waals surface area contributed by atoms with Crippen molar-refractivity contribution in [2.75, 3.05) is 26.7 Å². The quantitative estimate of drug-likeness (QED) is 0.735. The van der Waals surface area contributed by atoms with Crippen LogP contribution in [-0.2, 0) is 9.59 Å². The summed E-state index contributed by atoms with van der Waals surface area (Å²) in [5.41, 5.74) is 2.64. The van der Waals surface area contributed by atoms with E-state index in [4.69, 9.17) is 0 Å². The summed E-state index contributed by atoms with van der Waals surface area (Å²) in [5.74, 6) is 2.96. The molecule has 5 aliphatic rings. The van der Waals surface area contributed by atoms with Gasteiger partial charge in [0, 0.05) is 44.6 Å². The highest BCUT2D eigenvalue weighted by atomic mass is 16.3. The van der Waals surface area contributed by atoms with Crippen molar-refractivity contribution in [3.63, 3.8) is 0 Å². The zero-order chi connectivity index (χ0) is 20.9. The second-order valence-electron chi connectivity index (χ2n) is 11.1. The lowest BCUT2D eigenvalue weighted by molar-refractivity contribution is -0.142. The molecule has 3 unspecified atom stereocenters. The highest BCUT2D eigenvalue weighted by Gasteiger charge is 2.50. The number of hydrogen-bond acceptors (Lipinski definition) is 5. The monoisotopic (exact) mass is 417 g/mol. The van der Waals surface area contributed by atoms with Crippen LogP contribution in [0.15, 0.2) is 0 Å². The maximum atomic E-state index is 13.1. The standard InChI is InChI=1S/C24H39N3O3/c1-26-15-20-7-6-19(14-21(20)25-26)16-2-4-18(5-3-16)23(29)27-12-8-17(9-13-27)22(28)24(30)10-11-24/h16-21,25,30H,2-15H2,1H3. The molecule has 30 heavy (non-hydrogen) atoms. The fourth-order valence-corrected chi connectivity index (χ4v) is 6.96. The first kappa shape index (κ1) is 20.9. The van der Waals surface area contributed by atoms with Crippen LogP contribution in [-0.4, -0.2) is 65.0 Å². The minimum absolute atomic E-state index is 0.0350. The molecule has 1 amide bonds. The molecule has 3 saturated carbocycles. The average Bonchev–Trinajstić information content (AvgIpc) is 3.41. The Labute approximate surface area is 180 Å². The van der Waals surface area contributed by atoms with Crippen LogP contribution in [0.1, 0.15) is 70.6 Å². The molecule has 0 aromatic carbocycles. The molecule has 0 aromatic rings. The van der Waals surface area contributed by atoms with Gasteiger partial charge >= 0.3 is 0 Å². The lowest BCUT2D eigenvalue weighted by Gasteiger charge is -2.40. The van der Waals surface area contributed by atoms with Gasteiger partial charge < -0.3 is 10.0 Å². The Morgan fingerprint density at radius 3 is 2.17 bits per heavy atom. The van der Waals surface area contributed by atoms with E-state index in [1.54, 1.807) is 0 Å². The summed E-state index contributed by atoms with van der Waals surface area (Å²) >= 11 is 0. The molecule has 0 radical (unpaired) electrons. The Bertz CT molecular complexity index is 663. The molecular formula is C24H39N3O3. The number of ketones is 1.